The second kappa shape index (κ2) is 4.70. The van der Waals surface area contributed by atoms with Gasteiger partial charge in [0.25, 0.3) is 5.89 Å². The first-order chi connectivity index (χ1) is 8.41. The molecule has 0 bridgehead atoms. The first-order valence-electron chi connectivity index (χ1n) is 5.39. The topological polar surface area (TPSA) is 74.2 Å². The van der Waals surface area contributed by atoms with Gasteiger partial charge in [0.1, 0.15) is 5.75 Å². The Morgan fingerprint density at radius 2 is 2.11 bits per heavy atom. The molecule has 1 aromatic heterocycles. The molecule has 0 aliphatic carbocycles. The number of rotatable bonds is 3. The lowest BCUT2D eigenvalue weighted by molar-refractivity contribution is 0.390. The van der Waals surface area contributed by atoms with Crippen LogP contribution in [-0.4, -0.2) is 17.3 Å². The van der Waals surface area contributed by atoms with E-state index in [-0.39, 0.29) is 0 Å². The minimum Gasteiger partial charge on any atom is -0.496 e. The maximum Gasteiger partial charge on any atom is 0.261 e. The smallest absolute Gasteiger partial charge is 0.261 e. The zero-order chi connectivity index (χ0) is 13.3. The van der Waals surface area contributed by atoms with E-state index in [0.29, 0.717) is 17.5 Å². The van der Waals surface area contributed by atoms with Crippen LogP contribution in [0.15, 0.2) is 27.2 Å². The highest BCUT2D eigenvalue weighted by Gasteiger charge is 2.23. The van der Waals surface area contributed by atoms with Crippen LogP contribution in [0.5, 0.6) is 5.75 Å². The lowest BCUT2D eigenvalue weighted by Crippen LogP contribution is -2.30. The summed E-state index contributed by atoms with van der Waals surface area (Å²) in [5, 5.41) is 3.88. The molecule has 1 aromatic carbocycles. The maximum absolute atomic E-state index is 5.92. The highest BCUT2D eigenvalue weighted by atomic mass is 79.9. The van der Waals surface area contributed by atoms with Gasteiger partial charge in [0, 0.05) is 4.47 Å². The molecule has 0 saturated heterocycles. The first-order valence-corrected chi connectivity index (χ1v) is 6.18. The molecule has 0 aliphatic rings. The SMILES string of the molecule is COc1cc(Br)ccc1-c1nc(C(C)(C)N)no1. The Morgan fingerprint density at radius 3 is 2.67 bits per heavy atom. The number of aromatic nitrogens is 2. The van der Waals surface area contributed by atoms with Gasteiger partial charge in [0.15, 0.2) is 5.82 Å². The van der Waals surface area contributed by atoms with Gasteiger partial charge in [0.2, 0.25) is 0 Å². The number of hydrogen-bond acceptors (Lipinski definition) is 5. The van der Waals surface area contributed by atoms with Gasteiger partial charge in [-0.1, -0.05) is 21.1 Å². The summed E-state index contributed by atoms with van der Waals surface area (Å²) < 4.78 is 11.4. The standard InChI is InChI=1S/C12H14BrN3O2/c1-12(2,14)11-15-10(18-16-11)8-5-4-7(13)6-9(8)17-3/h4-6H,14H2,1-3H3. The lowest BCUT2D eigenvalue weighted by atomic mass is 10.1. The van der Waals surface area contributed by atoms with E-state index in [1.807, 2.05) is 32.0 Å². The van der Waals surface area contributed by atoms with Crippen molar-refractivity contribution >= 4 is 15.9 Å². The maximum atomic E-state index is 5.92. The molecule has 0 aliphatic heterocycles. The summed E-state index contributed by atoms with van der Waals surface area (Å²) in [6.45, 7) is 3.64. The summed E-state index contributed by atoms with van der Waals surface area (Å²) in [5.41, 5.74) is 6.02. The number of nitrogens with zero attached hydrogens (tertiary/aromatic N) is 2. The van der Waals surface area contributed by atoms with Gasteiger partial charge in [-0.3, -0.25) is 0 Å². The Balaban J connectivity index is 2.46. The van der Waals surface area contributed by atoms with Gasteiger partial charge < -0.3 is 15.0 Å². The molecule has 6 heteroatoms. The van der Waals surface area contributed by atoms with E-state index >= 15 is 0 Å². The number of ether oxygens (including phenoxy) is 1. The average molecular weight is 312 g/mol. The third-order valence-electron chi connectivity index (χ3n) is 2.40. The van der Waals surface area contributed by atoms with Crippen molar-refractivity contribution in [3.63, 3.8) is 0 Å². The fraction of sp³-hybridized carbons (Fsp3) is 0.333. The van der Waals surface area contributed by atoms with Crippen molar-refractivity contribution in [1.82, 2.24) is 10.1 Å². The number of benzene rings is 1. The molecule has 18 heavy (non-hydrogen) atoms. The summed E-state index contributed by atoms with van der Waals surface area (Å²) >= 11 is 3.38. The third kappa shape index (κ3) is 2.54. The largest absolute Gasteiger partial charge is 0.496 e. The van der Waals surface area contributed by atoms with Crippen LogP contribution in [0.4, 0.5) is 0 Å². The van der Waals surface area contributed by atoms with Crippen molar-refractivity contribution in [1.29, 1.82) is 0 Å². The predicted octanol–water partition coefficient (Wildman–Crippen LogP) is 2.70. The molecule has 96 valence electrons. The molecule has 0 unspecified atom stereocenters. The van der Waals surface area contributed by atoms with Gasteiger partial charge in [0.05, 0.1) is 18.2 Å². The van der Waals surface area contributed by atoms with Crippen LogP contribution in [0.3, 0.4) is 0 Å². The number of halogens is 1. The molecular formula is C12H14BrN3O2. The molecular weight excluding hydrogens is 298 g/mol. The van der Waals surface area contributed by atoms with Crippen LogP contribution in [0.2, 0.25) is 0 Å². The Morgan fingerprint density at radius 1 is 1.39 bits per heavy atom. The minimum atomic E-state index is -0.635. The quantitative estimate of drug-likeness (QED) is 0.943. The second-order valence-electron chi connectivity index (χ2n) is 4.49. The van der Waals surface area contributed by atoms with E-state index in [0.717, 1.165) is 10.0 Å². The van der Waals surface area contributed by atoms with Gasteiger partial charge in [-0.15, -0.1) is 0 Å². The Bertz CT molecular complexity index is 561. The third-order valence-corrected chi connectivity index (χ3v) is 2.89. The highest BCUT2D eigenvalue weighted by Crippen LogP contribution is 2.32. The Hall–Kier alpha value is -1.40. The van der Waals surface area contributed by atoms with E-state index in [9.17, 15) is 0 Å². The molecule has 0 atom stereocenters. The van der Waals surface area contributed by atoms with Gasteiger partial charge >= 0.3 is 0 Å². The van der Waals surface area contributed by atoms with Crippen LogP contribution in [0, 0.1) is 0 Å². The molecule has 0 fully saturated rings. The van der Waals surface area contributed by atoms with E-state index in [4.69, 9.17) is 15.0 Å². The predicted molar refractivity (Wildman–Crippen MR) is 71.2 cm³/mol. The van der Waals surface area contributed by atoms with Crippen molar-refractivity contribution in [2.75, 3.05) is 7.11 Å². The summed E-state index contributed by atoms with van der Waals surface area (Å²) in [5.74, 6) is 1.52. The van der Waals surface area contributed by atoms with Crippen LogP contribution in [0.1, 0.15) is 19.7 Å². The summed E-state index contributed by atoms with van der Waals surface area (Å²) in [7, 11) is 1.59. The minimum absolute atomic E-state index is 0.396. The van der Waals surface area contributed by atoms with Crippen molar-refractivity contribution in [3.8, 4) is 17.2 Å². The molecule has 0 radical (unpaired) electrons. The van der Waals surface area contributed by atoms with E-state index in [1.165, 1.54) is 0 Å². The summed E-state index contributed by atoms with van der Waals surface area (Å²) in [4.78, 5) is 4.29. The zero-order valence-corrected chi connectivity index (χ0v) is 12.0. The van der Waals surface area contributed by atoms with Gasteiger partial charge in [-0.25, -0.2) is 0 Å². The van der Waals surface area contributed by atoms with Gasteiger partial charge in [-0.05, 0) is 32.0 Å². The van der Waals surface area contributed by atoms with E-state index in [2.05, 4.69) is 26.1 Å². The monoisotopic (exact) mass is 311 g/mol. The van der Waals surface area contributed by atoms with Crippen molar-refractivity contribution in [2.24, 2.45) is 5.73 Å². The number of hydrogen-bond donors (Lipinski definition) is 1. The molecule has 2 rings (SSSR count). The summed E-state index contributed by atoms with van der Waals surface area (Å²) in [6.07, 6.45) is 0. The molecule has 5 nitrogen and oxygen atoms in total. The van der Waals surface area contributed by atoms with E-state index < -0.39 is 5.54 Å². The Kier molecular flexibility index (Phi) is 3.41. The molecule has 0 amide bonds. The van der Waals surface area contributed by atoms with Crippen LogP contribution in [-0.2, 0) is 5.54 Å². The van der Waals surface area contributed by atoms with Crippen molar-refractivity contribution in [2.45, 2.75) is 19.4 Å². The van der Waals surface area contributed by atoms with E-state index in [1.54, 1.807) is 7.11 Å². The van der Waals surface area contributed by atoms with Crippen LogP contribution < -0.4 is 10.5 Å². The average Bonchev–Trinajstić information content (AvgIpc) is 2.77. The normalized spacial score (nSPS) is 11.6. The van der Waals surface area contributed by atoms with Crippen LogP contribution >= 0.6 is 15.9 Å². The molecule has 2 aromatic rings. The fourth-order valence-electron chi connectivity index (χ4n) is 1.44. The Labute approximate surface area is 113 Å². The fourth-order valence-corrected chi connectivity index (χ4v) is 1.78. The summed E-state index contributed by atoms with van der Waals surface area (Å²) in [6, 6.07) is 5.58. The van der Waals surface area contributed by atoms with Crippen molar-refractivity contribution < 1.29 is 9.26 Å². The highest BCUT2D eigenvalue weighted by molar-refractivity contribution is 9.10. The molecule has 0 saturated carbocycles. The zero-order valence-electron chi connectivity index (χ0n) is 10.4. The first kappa shape index (κ1) is 13.0. The van der Waals surface area contributed by atoms with Crippen LogP contribution in [0.25, 0.3) is 11.5 Å². The molecule has 0 spiro atoms. The lowest BCUT2D eigenvalue weighted by Gasteiger charge is -2.11. The van der Waals surface area contributed by atoms with Gasteiger partial charge in [-0.2, -0.15) is 4.98 Å². The molecule has 1 heterocycles. The number of nitrogens with two attached hydrogens (primary N) is 1. The molecule has 2 N–H and O–H groups in total. The second-order valence-corrected chi connectivity index (χ2v) is 5.41. The number of methoxy groups -OCH3 is 1. The van der Waals surface area contributed by atoms with Crippen molar-refractivity contribution in [3.05, 3.63) is 28.5 Å².